The third-order valence-corrected chi connectivity index (χ3v) is 5.08. The smallest absolute Gasteiger partial charge is 0.255 e. The van der Waals surface area contributed by atoms with E-state index in [1.807, 2.05) is 6.07 Å². The van der Waals surface area contributed by atoms with Gasteiger partial charge in [-0.05, 0) is 35.9 Å². The van der Waals surface area contributed by atoms with Crippen molar-refractivity contribution in [2.24, 2.45) is 0 Å². The maximum absolute atomic E-state index is 13.1. The number of hydrogen-bond acceptors (Lipinski definition) is 4. The zero-order chi connectivity index (χ0) is 22.5. The molecule has 1 atom stereocenters. The molecule has 0 bridgehead atoms. The number of carbonyl (C=O) groups is 2. The van der Waals surface area contributed by atoms with E-state index in [2.05, 4.69) is 10.6 Å². The summed E-state index contributed by atoms with van der Waals surface area (Å²) >= 11 is 11.7. The first-order valence-corrected chi connectivity index (χ1v) is 9.83. The summed E-state index contributed by atoms with van der Waals surface area (Å²) < 4.78 is 13.1. The van der Waals surface area contributed by atoms with Gasteiger partial charge >= 0.3 is 0 Å². The van der Waals surface area contributed by atoms with Crippen LogP contribution >= 0.6 is 23.2 Å². The molecule has 0 aliphatic carbocycles. The third-order valence-electron chi connectivity index (χ3n) is 4.43. The molecule has 0 radical (unpaired) electrons. The van der Waals surface area contributed by atoms with Crippen molar-refractivity contribution in [2.75, 3.05) is 5.32 Å². The SMILES string of the molecule is O=C(NC(Cc1ccccc1)C(=O)Nc1ccc(F)cc1)c1cc(Cl)c(O)c(Cl)c1O. The van der Waals surface area contributed by atoms with E-state index in [1.54, 1.807) is 24.3 Å². The molecule has 0 saturated carbocycles. The Balaban J connectivity index is 1.86. The largest absolute Gasteiger partial charge is 0.505 e. The maximum atomic E-state index is 13.1. The predicted octanol–water partition coefficient (Wildman–Crippen LogP) is 4.52. The number of phenolic OH excluding ortho intramolecular Hbond substituents is 2. The van der Waals surface area contributed by atoms with E-state index >= 15 is 0 Å². The summed E-state index contributed by atoms with van der Waals surface area (Å²) in [6.45, 7) is 0. The van der Waals surface area contributed by atoms with Crippen LogP contribution in [0, 0.1) is 5.82 Å². The van der Waals surface area contributed by atoms with Gasteiger partial charge < -0.3 is 20.8 Å². The Kier molecular flexibility index (Phi) is 6.99. The Morgan fingerprint density at radius 1 is 0.968 bits per heavy atom. The first-order valence-electron chi connectivity index (χ1n) is 9.07. The van der Waals surface area contributed by atoms with Crippen molar-refractivity contribution in [3.05, 3.63) is 87.7 Å². The van der Waals surface area contributed by atoms with Crippen molar-refractivity contribution in [3.63, 3.8) is 0 Å². The van der Waals surface area contributed by atoms with Crippen LogP contribution in [0.3, 0.4) is 0 Å². The van der Waals surface area contributed by atoms with Crippen molar-refractivity contribution in [1.82, 2.24) is 5.32 Å². The van der Waals surface area contributed by atoms with Crippen molar-refractivity contribution in [1.29, 1.82) is 0 Å². The van der Waals surface area contributed by atoms with Crippen LogP contribution in [0.15, 0.2) is 60.7 Å². The zero-order valence-electron chi connectivity index (χ0n) is 15.9. The van der Waals surface area contributed by atoms with Crippen molar-refractivity contribution in [2.45, 2.75) is 12.5 Å². The summed E-state index contributed by atoms with van der Waals surface area (Å²) in [5.41, 5.74) is 0.811. The highest BCUT2D eigenvalue weighted by atomic mass is 35.5. The maximum Gasteiger partial charge on any atom is 0.255 e. The van der Waals surface area contributed by atoms with E-state index < -0.39 is 40.2 Å². The lowest BCUT2D eigenvalue weighted by Crippen LogP contribution is -2.45. The minimum atomic E-state index is -1.05. The van der Waals surface area contributed by atoms with E-state index in [9.17, 15) is 24.2 Å². The highest BCUT2D eigenvalue weighted by Gasteiger charge is 2.26. The van der Waals surface area contributed by atoms with Gasteiger partial charge in [-0.1, -0.05) is 53.5 Å². The molecule has 0 heterocycles. The van der Waals surface area contributed by atoms with E-state index in [4.69, 9.17) is 23.2 Å². The van der Waals surface area contributed by atoms with Crippen LogP contribution in [0.4, 0.5) is 10.1 Å². The lowest BCUT2D eigenvalue weighted by molar-refractivity contribution is -0.118. The normalized spacial score (nSPS) is 11.6. The summed E-state index contributed by atoms with van der Waals surface area (Å²) in [6.07, 6.45) is 0.139. The average Bonchev–Trinajstić information content (AvgIpc) is 2.76. The minimum Gasteiger partial charge on any atom is -0.505 e. The fourth-order valence-electron chi connectivity index (χ4n) is 2.83. The van der Waals surface area contributed by atoms with Crippen LogP contribution in [0.1, 0.15) is 15.9 Å². The Morgan fingerprint density at radius 3 is 2.26 bits per heavy atom. The van der Waals surface area contributed by atoms with Crippen LogP contribution in [-0.4, -0.2) is 28.1 Å². The molecule has 4 N–H and O–H groups in total. The Morgan fingerprint density at radius 2 is 1.61 bits per heavy atom. The molecule has 0 aliphatic heterocycles. The zero-order valence-corrected chi connectivity index (χ0v) is 17.4. The van der Waals surface area contributed by atoms with Crippen molar-refractivity contribution < 1.29 is 24.2 Å². The molecule has 6 nitrogen and oxygen atoms in total. The number of rotatable bonds is 6. The van der Waals surface area contributed by atoms with E-state index in [1.165, 1.54) is 24.3 Å². The molecule has 1 unspecified atom stereocenters. The van der Waals surface area contributed by atoms with Crippen LogP contribution in [0.25, 0.3) is 0 Å². The molecule has 9 heteroatoms. The molecule has 31 heavy (non-hydrogen) atoms. The van der Waals surface area contributed by atoms with E-state index in [0.29, 0.717) is 5.69 Å². The first kappa shape index (κ1) is 22.4. The standard InChI is InChI=1S/C22H17Cl2FN2O4/c23-16-11-15(19(28)18(24)20(16)29)21(30)27-17(10-12-4-2-1-3-5-12)22(31)26-14-8-6-13(25)7-9-14/h1-9,11,17,28-29H,10H2,(H,26,31)(H,27,30). The Hall–Kier alpha value is -3.29. The number of amides is 2. The molecule has 3 rings (SSSR count). The average molecular weight is 463 g/mol. The van der Waals surface area contributed by atoms with Crippen molar-refractivity contribution >= 4 is 40.7 Å². The molecular weight excluding hydrogens is 446 g/mol. The summed E-state index contributed by atoms with van der Waals surface area (Å²) in [4.78, 5) is 25.7. The van der Waals surface area contributed by atoms with Crippen molar-refractivity contribution in [3.8, 4) is 11.5 Å². The lowest BCUT2D eigenvalue weighted by atomic mass is 10.0. The van der Waals surface area contributed by atoms with E-state index in [0.717, 1.165) is 11.6 Å². The highest BCUT2D eigenvalue weighted by Crippen LogP contribution is 2.40. The fraction of sp³-hybridized carbons (Fsp3) is 0.0909. The summed E-state index contributed by atoms with van der Waals surface area (Å²) in [6, 6.07) is 14.1. The highest BCUT2D eigenvalue weighted by molar-refractivity contribution is 6.38. The minimum absolute atomic E-state index is 0.139. The van der Waals surface area contributed by atoms with Gasteiger partial charge in [-0.2, -0.15) is 0 Å². The molecule has 3 aromatic carbocycles. The number of benzene rings is 3. The number of hydrogen-bond donors (Lipinski definition) is 4. The number of phenols is 2. The van der Waals surface area contributed by atoms with Gasteiger partial charge in [0.05, 0.1) is 10.6 Å². The van der Waals surface area contributed by atoms with Gasteiger partial charge in [0, 0.05) is 12.1 Å². The monoisotopic (exact) mass is 462 g/mol. The molecule has 0 saturated heterocycles. The van der Waals surface area contributed by atoms with Crippen LogP contribution in [-0.2, 0) is 11.2 Å². The number of aromatic hydroxyl groups is 2. The van der Waals surface area contributed by atoms with Gasteiger partial charge in [0.1, 0.15) is 16.9 Å². The number of anilines is 1. The van der Waals surface area contributed by atoms with Crippen LogP contribution < -0.4 is 10.6 Å². The Bertz CT molecular complexity index is 1110. The second-order valence-corrected chi connectivity index (χ2v) is 7.41. The lowest BCUT2D eigenvalue weighted by Gasteiger charge is -2.19. The summed E-state index contributed by atoms with van der Waals surface area (Å²) in [7, 11) is 0. The second kappa shape index (κ2) is 9.68. The van der Waals surface area contributed by atoms with Crippen LogP contribution in [0.2, 0.25) is 10.0 Å². The number of nitrogens with one attached hydrogen (secondary N) is 2. The molecule has 0 fully saturated rings. The second-order valence-electron chi connectivity index (χ2n) is 6.63. The molecule has 0 aromatic heterocycles. The summed E-state index contributed by atoms with van der Waals surface area (Å²) in [5.74, 6) is -3.06. The first-order chi connectivity index (χ1) is 14.8. The molecule has 2 amide bonds. The fourth-order valence-corrected chi connectivity index (χ4v) is 3.28. The van der Waals surface area contributed by atoms with Gasteiger partial charge in [0.15, 0.2) is 11.5 Å². The molecule has 0 aliphatic rings. The topological polar surface area (TPSA) is 98.7 Å². The number of carbonyl (C=O) groups excluding carboxylic acids is 2. The molecule has 160 valence electrons. The van der Waals surface area contributed by atoms with Gasteiger partial charge in [0.25, 0.3) is 5.91 Å². The third kappa shape index (κ3) is 5.45. The van der Waals surface area contributed by atoms with Crippen LogP contribution in [0.5, 0.6) is 11.5 Å². The van der Waals surface area contributed by atoms with Gasteiger partial charge in [-0.3, -0.25) is 9.59 Å². The molecule has 0 spiro atoms. The summed E-state index contributed by atoms with van der Waals surface area (Å²) in [5, 5.41) is 24.3. The van der Waals surface area contributed by atoms with Gasteiger partial charge in [0.2, 0.25) is 5.91 Å². The van der Waals surface area contributed by atoms with Gasteiger partial charge in [-0.25, -0.2) is 4.39 Å². The van der Waals surface area contributed by atoms with Gasteiger partial charge in [-0.15, -0.1) is 0 Å². The molecular formula is C22H17Cl2FN2O4. The number of halogens is 3. The Labute approximate surface area is 187 Å². The van der Waals surface area contributed by atoms with E-state index in [-0.39, 0.29) is 17.0 Å². The quantitative estimate of drug-likeness (QED) is 0.432. The molecule has 3 aromatic rings. The predicted molar refractivity (Wildman–Crippen MR) is 116 cm³/mol.